The average molecular weight is 277 g/mol. The molecule has 17 heavy (non-hydrogen) atoms. The SMILES string of the molecule is COC(=O)C(C)(C)C(O)c1cc(Cl)cc(Cl)c1. The molecular formula is C12H14Cl2O3. The summed E-state index contributed by atoms with van der Waals surface area (Å²) in [5.41, 5.74) is -0.583. The van der Waals surface area contributed by atoms with Gasteiger partial charge in [-0.2, -0.15) is 0 Å². The summed E-state index contributed by atoms with van der Waals surface area (Å²) in [5, 5.41) is 11.0. The zero-order valence-electron chi connectivity index (χ0n) is 9.83. The molecule has 1 aromatic carbocycles. The Bertz CT molecular complexity index is 410. The van der Waals surface area contributed by atoms with Gasteiger partial charge >= 0.3 is 5.97 Å². The average Bonchev–Trinajstić information content (AvgIpc) is 2.25. The van der Waals surface area contributed by atoms with E-state index in [0.717, 1.165) is 0 Å². The quantitative estimate of drug-likeness (QED) is 0.863. The maximum Gasteiger partial charge on any atom is 0.314 e. The van der Waals surface area contributed by atoms with Crippen LogP contribution in [0.2, 0.25) is 10.0 Å². The van der Waals surface area contributed by atoms with Crippen molar-refractivity contribution in [1.29, 1.82) is 0 Å². The molecule has 3 nitrogen and oxygen atoms in total. The van der Waals surface area contributed by atoms with Crippen molar-refractivity contribution in [3.05, 3.63) is 33.8 Å². The van der Waals surface area contributed by atoms with Crippen molar-refractivity contribution in [3.8, 4) is 0 Å². The van der Waals surface area contributed by atoms with E-state index in [1.54, 1.807) is 32.0 Å². The van der Waals surface area contributed by atoms with Crippen molar-refractivity contribution in [2.45, 2.75) is 20.0 Å². The molecular weight excluding hydrogens is 263 g/mol. The number of halogens is 2. The summed E-state index contributed by atoms with van der Waals surface area (Å²) in [5.74, 6) is -0.499. The molecule has 0 fully saturated rings. The number of benzene rings is 1. The van der Waals surface area contributed by atoms with E-state index in [2.05, 4.69) is 4.74 Å². The molecule has 0 saturated carbocycles. The third-order valence-corrected chi connectivity index (χ3v) is 3.03. The molecule has 0 radical (unpaired) electrons. The second kappa shape index (κ2) is 5.25. The lowest BCUT2D eigenvalue weighted by atomic mass is 9.83. The Morgan fingerprint density at radius 2 is 1.76 bits per heavy atom. The van der Waals surface area contributed by atoms with Gasteiger partial charge in [0.1, 0.15) is 0 Å². The zero-order valence-corrected chi connectivity index (χ0v) is 11.3. The first-order valence-corrected chi connectivity index (χ1v) is 5.77. The van der Waals surface area contributed by atoms with Gasteiger partial charge in [-0.25, -0.2) is 0 Å². The second-order valence-corrected chi connectivity index (χ2v) is 5.19. The van der Waals surface area contributed by atoms with Crippen molar-refractivity contribution in [2.75, 3.05) is 7.11 Å². The Kier molecular flexibility index (Phi) is 4.42. The molecule has 0 aliphatic heterocycles. The molecule has 0 spiro atoms. The van der Waals surface area contributed by atoms with Gasteiger partial charge < -0.3 is 9.84 Å². The highest BCUT2D eigenvalue weighted by Gasteiger charge is 2.38. The van der Waals surface area contributed by atoms with Crippen LogP contribution in [0.1, 0.15) is 25.5 Å². The van der Waals surface area contributed by atoms with E-state index in [-0.39, 0.29) is 0 Å². The molecule has 1 atom stereocenters. The van der Waals surface area contributed by atoms with Crippen LogP contribution in [-0.4, -0.2) is 18.2 Å². The van der Waals surface area contributed by atoms with E-state index in [4.69, 9.17) is 23.2 Å². The Hall–Kier alpha value is -0.770. The Labute approximate surface area is 110 Å². The summed E-state index contributed by atoms with van der Waals surface area (Å²) < 4.78 is 4.65. The minimum Gasteiger partial charge on any atom is -0.469 e. The van der Waals surface area contributed by atoms with E-state index >= 15 is 0 Å². The molecule has 0 aliphatic rings. The second-order valence-electron chi connectivity index (χ2n) is 4.32. The molecule has 1 rings (SSSR count). The molecule has 1 aromatic rings. The van der Waals surface area contributed by atoms with Gasteiger partial charge in [0.25, 0.3) is 0 Å². The van der Waals surface area contributed by atoms with Crippen molar-refractivity contribution >= 4 is 29.2 Å². The molecule has 0 aromatic heterocycles. The lowest BCUT2D eigenvalue weighted by Gasteiger charge is -2.28. The van der Waals surface area contributed by atoms with Gasteiger partial charge in [-0.3, -0.25) is 4.79 Å². The molecule has 5 heteroatoms. The van der Waals surface area contributed by atoms with Crippen LogP contribution in [0, 0.1) is 5.41 Å². The summed E-state index contributed by atoms with van der Waals surface area (Å²) in [4.78, 5) is 11.6. The number of carbonyl (C=O) groups excluding carboxylic acids is 1. The predicted octanol–water partition coefficient (Wildman–Crippen LogP) is 3.23. The number of carbonyl (C=O) groups is 1. The lowest BCUT2D eigenvalue weighted by molar-refractivity contribution is -0.157. The summed E-state index contributed by atoms with van der Waals surface area (Å²) in [6.07, 6.45) is -1.04. The normalized spacial score (nSPS) is 13.3. The third kappa shape index (κ3) is 3.12. The first-order valence-electron chi connectivity index (χ1n) is 5.01. The number of rotatable bonds is 3. The summed E-state index contributed by atoms with van der Waals surface area (Å²) >= 11 is 11.7. The fourth-order valence-corrected chi connectivity index (χ4v) is 2.07. The minimum absolute atomic E-state index is 0.409. The number of methoxy groups -OCH3 is 1. The predicted molar refractivity (Wildman–Crippen MR) is 67.2 cm³/mol. The topological polar surface area (TPSA) is 46.5 Å². The molecule has 0 saturated heterocycles. The van der Waals surface area contributed by atoms with Crippen molar-refractivity contribution in [3.63, 3.8) is 0 Å². The van der Waals surface area contributed by atoms with Crippen LogP contribution in [-0.2, 0) is 9.53 Å². The van der Waals surface area contributed by atoms with E-state index in [0.29, 0.717) is 15.6 Å². The van der Waals surface area contributed by atoms with E-state index in [1.165, 1.54) is 7.11 Å². The van der Waals surface area contributed by atoms with Crippen LogP contribution in [0.4, 0.5) is 0 Å². The summed E-state index contributed by atoms with van der Waals surface area (Å²) in [6, 6.07) is 4.70. The van der Waals surface area contributed by atoms with Crippen molar-refractivity contribution in [1.82, 2.24) is 0 Å². The summed E-state index contributed by atoms with van der Waals surface area (Å²) in [6.45, 7) is 3.19. The van der Waals surface area contributed by atoms with Gasteiger partial charge in [0.05, 0.1) is 18.6 Å². The van der Waals surface area contributed by atoms with Crippen LogP contribution >= 0.6 is 23.2 Å². The first kappa shape index (κ1) is 14.3. The van der Waals surface area contributed by atoms with Crippen molar-refractivity contribution < 1.29 is 14.6 Å². The third-order valence-electron chi connectivity index (χ3n) is 2.60. The number of hydrogen-bond donors (Lipinski definition) is 1. The number of aliphatic hydroxyl groups is 1. The van der Waals surface area contributed by atoms with Gasteiger partial charge in [0, 0.05) is 10.0 Å². The number of aliphatic hydroxyl groups excluding tert-OH is 1. The molecule has 94 valence electrons. The lowest BCUT2D eigenvalue weighted by Crippen LogP contribution is -2.32. The number of hydrogen-bond acceptors (Lipinski definition) is 3. The standard InChI is InChI=1S/C12H14Cl2O3/c1-12(2,11(16)17-3)10(15)7-4-8(13)6-9(14)5-7/h4-6,10,15H,1-3H3. The first-order chi connectivity index (χ1) is 7.78. The fourth-order valence-electron chi connectivity index (χ4n) is 1.52. The van der Waals surface area contributed by atoms with Gasteiger partial charge in [-0.05, 0) is 37.6 Å². The molecule has 0 amide bonds. The fraction of sp³-hybridized carbons (Fsp3) is 0.417. The van der Waals surface area contributed by atoms with Crippen molar-refractivity contribution in [2.24, 2.45) is 5.41 Å². The van der Waals surface area contributed by atoms with Gasteiger partial charge in [0.15, 0.2) is 0 Å². The number of esters is 1. The van der Waals surface area contributed by atoms with Gasteiger partial charge in [0.2, 0.25) is 0 Å². The Balaban J connectivity index is 3.11. The van der Waals surface area contributed by atoms with E-state index in [9.17, 15) is 9.90 Å². The van der Waals surface area contributed by atoms with Gasteiger partial charge in [-0.15, -0.1) is 0 Å². The van der Waals surface area contributed by atoms with Crippen LogP contribution in [0.25, 0.3) is 0 Å². The minimum atomic E-state index is -1.07. The van der Waals surface area contributed by atoms with Gasteiger partial charge in [-0.1, -0.05) is 23.2 Å². The highest BCUT2D eigenvalue weighted by molar-refractivity contribution is 6.34. The maximum atomic E-state index is 11.6. The Morgan fingerprint density at radius 1 is 1.29 bits per heavy atom. The molecule has 0 bridgehead atoms. The van der Waals surface area contributed by atoms with Crippen LogP contribution in [0.15, 0.2) is 18.2 Å². The van der Waals surface area contributed by atoms with E-state index < -0.39 is 17.5 Å². The van der Waals surface area contributed by atoms with E-state index in [1.807, 2.05) is 0 Å². The molecule has 1 unspecified atom stereocenters. The van der Waals surface area contributed by atoms with Crippen LogP contribution < -0.4 is 0 Å². The highest BCUT2D eigenvalue weighted by atomic mass is 35.5. The highest BCUT2D eigenvalue weighted by Crippen LogP contribution is 2.36. The largest absolute Gasteiger partial charge is 0.469 e. The maximum absolute atomic E-state index is 11.6. The number of ether oxygens (including phenoxy) is 1. The molecule has 1 N–H and O–H groups in total. The Morgan fingerprint density at radius 3 is 2.18 bits per heavy atom. The smallest absolute Gasteiger partial charge is 0.314 e. The zero-order chi connectivity index (χ0) is 13.2. The van der Waals surface area contributed by atoms with Crippen LogP contribution in [0.5, 0.6) is 0 Å². The molecule has 0 heterocycles. The van der Waals surface area contributed by atoms with Crippen LogP contribution in [0.3, 0.4) is 0 Å². The molecule has 0 aliphatic carbocycles. The summed E-state index contributed by atoms with van der Waals surface area (Å²) in [7, 11) is 1.28. The monoisotopic (exact) mass is 276 g/mol.